The van der Waals surface area contributed by atoms with E-state index in [-0.39, 0.29) is 5.84 Å². The van der Waals surface area contributed by atoms with Crippen LogP contribution >= 0.6 is 0 Å². The van der Waals surface area contributed by atoms with Crippen molar-refractivity contribution in [3.8, 4) is 44.5 Å². The minimum absolute atomic E-state index is 0.181. The van der Waals surface area contributed by atoms with E-state index in [1.165, 1.54) is 5.56 Å². The van der Waals surface area contributed by atoms with Gasteiger partial charge in [-0.3, -0.25) is 5.41 Å². The molecule has 1 aromatic heterocycles. The van der Waals surface area contributed by atoms with Gasteiger partial charge in [0.2, 0.25) is 0 Å². The second-order valence-electron chi connectivity index (χ2n) is 15.5. The van der Waals surface area contributed by atoms with Crippen LogP contribution in [0.2, 0.25) is 0 Å². The molecule has 2 heterocycles. The molecule has 9 rings (SSSR count). The van der Waals surface area contributed by atoms with E-state index in [1.807, 2.05) is 54.7 Å². The maximum absolute atomic E-state index is 9.21. The van der Waals surface area contributed by atoms with E-state index in [2.05, 4.69) is 148 Å². The highest BCUT2D eigenvalue weighted by Gasteiger charge is 2.54. The number of nitrogens with one attached hydrogen (secondary N) is 2. The van der Waals surface area contributed by atoms with Gasteiger partial charge >= 0.3 is 7.12 Å². The van der Waals surface area contributed by atoms with Crippen LogP contribution < -0.4 is 11.0 Å². The number of rotatable bonds is 7. The molecule has 0 bridgehead atoms. The number of hydrogen-bond acceptors (Lipinski definition) is 3. The van der Waals surface area contributed by atoms with E-state index in [0.29, 0.717) is 5.49 Å². The maximum Gasteiger partial charge on any atom is 0.496 e. The number of nitrogens with zero attached hydrogens (tertiary/aromatic N) is 1. The Morgan fingerprint density at radius 3 is 1.75 bits per heavy atom. The first kappa shape index (κ1) is 36.3. The van der Waals surface area contributed by atoms with Crippen LogP contribution in [0, 0.1) is 5.41 Å². The summed E-state index contributed by atoms with van der Waals surface area (Å²) in [4.78, 5) is 8.29. The fourth-order valence-corrected chi connectivity index (χ4v) is 8.24. The lowest BCUT2D eigenvalue weighted by Crippen LogP contribution is -2.44. The zero-order valence-electron chi connectivity index (χ0n) is 32.7. The van der Waals surface area contributed by atoms with E-state index in [4.69, 9.17) is 14.3 Å². The zero-order chi connectivity index (χ0) is 39.1. The molecule has 0 radical (unpaired) electrons. The van der Waals surface area contributed by atoms with Crippen molar-refractivity contribution in [3.63, 3.8) is 0 Å². The molecule has 0 spiro atoms. The third-order valence-corrected chi connectivity index (χ3v) is 11.9. The molecule has 0 saturated carbocycles. The van der Waals surface area contributed by atoms with Crippen molar-refractivity contribution >= 4 is 40.0 Å². The summed E-state index contributed by atoms with van der Waals surface area (Å²) in [7, 11) is -0.494. The molecule has 1 fully saturated rings. The van der Waals surface area contributed by atoms with Gasteiger partial charge in [0.25, 0.3) is 0 Å². The Bertz CT molecular complexity index is 2810. The fraction of sp³-hybridized carbons (Fsp3) is 0.137. The average Bonchev–Trinajstić information content (AvgIpc) is 3.50. The maximum atomic E-state index is 9.21. The van der Waals surface area contributed by atoms with Crippen molar-refractivity contribution in [2.45, 2.75) is 45.3 Å². The van der Waals surface area contributed by atoms with E-state index in [1.54, 1.807) is 0 Å². The highest BCUT2D eigenvalue weighted by atomic mass is 16.7. The van der Waals surface area contributed by atoms with Gasteiger partial charge in [-0.25, -0.2) is 4.99 Å². The Labute approximate surface area is 334 Å². The lowest BCUT2D eigenvalue weighted by atomic mass is 9.71. The van der Waals surface area contributed by atoms with Crippen molar-refractivity contribution in [2.24, 2.45) is 4.99 Å². The second kappa shape index (κ2) is 14.6. The van der Waals surface area contributed by atoms with E-state index in [0.717, 1.165) is 77.9 Å². The number of benzene rings is 7. The number of amidine groups is 1. The van der Waals surface area contributed by atoms with Gasteiger partial charge in [-0.1, -0.05) is 153 Å². The molecular formula is C51H44BN3O2. The standard InChI is InChI=1S/C51H44BN3O2/c1-5-51(4)50(2,3)56-52(57-51)47-43-28-14-12-26-41(43)46(42-27-13-15-29-44(42)47)38-24-16-22-36(30-38)37-23-17-25-39(31-37)48(53)55-49-45(35-20-10-7-11-21-35)32-40(33-54-49)34-18-8-6-9-19-34/h6-33H,5H2,1-4H3,(H2,53,54,55). The molecule has 8 aromatic rings. The number of aromatic nitrogens is 1. The van der Waals surface area contributed by atoms with Crippen LogP contribution in [0.4, 0.5) is 0 Å². The summed E-state index contributed by atoms with van der Waals surface area (Å²) in [6, 6.07) is 56.7. The van der Waals surface area contributed by atoms with Gasteiger partial charge in [-0.2, -0.15) is 0 Å². The molecule has 5 nitrogen and oxygen atoms in total. The Morgan fingerprint density at radius 1 is 0.579 bits per heavy atom. The van der Waals surface area contributed by atoms with E-state index >= 15 is 0 Å². The second-order valence-corrected chi connectivity index (χ2v) is 15.5. The van der Waals surface area contributed by atoms with Crippen molar-refractivity contribution < 1.29 is 9.31 Å². The predicted octanol–water partition coefficient (Wildman–Crippen LogP) is 11.6. The van der Waals surface area contributed by atoms with Gasteiger partial charge < -0.3 is 14.3 Å². The molecule has 1 atom stereocenters. The highest BCUT2D eigenvalue weighted by molar-refractivity contribution is 6.69. The van der Waals surface area contributed by atoms with Crippen molar-refractivity contribution in [3.05, 3.63) is 181 Å². The largest absolute Gasteiger partial charge is 0.496 e. The summed E-state index contributed by atoms with van der Waals surface area (Å²) in [5.74, 6) is 0.181. The smallest absolute Gasteiger partial charge is 0.399 e. The van der Waals surface area contributed by atoms with Gasteiger partial charge in [0.15, 0.2) is 5.84 Å². The molecule has 2 N–H and O–H groups in total. The lowest BCUT2D eigenvalue weighted by molar-refractivity contribution is -0.0118. The van der Waals surface area contributed by atoms with E-state index < -0.39 is 18.3 Å². The first-order valence-electron chi connectivity index (χ1n) is 19.7. The Kier molecular flexibility index (Phi) is 9.32. The average molecular weight is 742 g/mol. The van der Waals surface area contributed by atoms with Gasteiger partial charge in [-0.05, 0) is 111 Å². The summed E-state index contributed by atoms with van der Waals surface area (Å²) in [6.07, 6.45) is 2.81. The summed E-state index contributed by atoms with van der Waals surface area (Å²) in [5.41, 5.74) is 10.1. The van der Waals surface area contributed by atoms with Gasteiger partial charge in [0, 0.05) is 17.3 Å². The molecule has 1 unspecified atom stereocenters. The van der Waals surface area contributed by atoms with Crippen LogP contribution in [-0.4, -0.2) is 29.1 Å². The zero-order valence-corrected chi connectivity index (χ0v) is 32.7. The molecule has 7 aromatic carbocycles. The minimum atomic E-state index is -0.494. The van der Waals surface area contributed by atoms with Crippen LogP contribution in [0.3, 0.4) is 0 Å². The molecule has 1 saturated heterocycles. The Balaban J connectivity index is 1.11. The number of hydrogen-bond donors (Lipinski definition) is 2. The molecule has 1 aliphatic heterocycles. The first-order valence-corrected chi connectivity index (χ1v) is 19.7. The Morgan fingerprint density at radius 2 is 1.12 bits per heavy atom. The summed E-state index contributed by atoms with van der Waals surface area (Å²) >= 11 is 0. The van der Waals surface area contributed by atoms with Gasteiger partial charge in [-0.15, -0.1) is 0 Å². The first-order chi connectivity index (χ1) is 27.7. The Hall–Kier alpha value is -6.34. The number of aromatic amines is 1. The van der Waals surface area contributed by atoms with Crippen LogP contribution in [0.15, 0.2) is 175 Å². The fourth-order valence-electron chi connectivity index (χ4n) is 8.24. The lowest BCUT2D eigenvalue weighted by Gasteiger charge is -2.35. The topological polar surface area (TPSA) is 70.5 Å². The third-order valence-electron chi connectivity index (χ3n) is 11.9. The summed E-state index contributed by atoms with van der Waals surface area (Å²) in [5, 5.41) is 13.8. The van der Waals surface area contributed by atoms with Crippen LogP contribution in [0.25, 0.3) is 66.1 Å². The van der Waals surface area contributed by atoms with Crippen molar-refractivity contribution in [1.82, 2.24) is 4.98 Å². The monoisotopic (exact) mass is 741 g/mol. The predicted molar refractivity (Wildman–Crippen MR) is 237 cm³/mol. The molecule has 278 valence electrons. The number of fused-ring (bicyclic) bond motifs is 2. The van der Waals surface area contributed by atoms with Crippen LogP contribution in [0.1, 0.15) is 39.7 Å². The van der Waals surface area contributed by atoms with Gasteiger partial charge in [0.1, 0.15) is 5.49 Å². The summed E-state index contributed by atoms with van der Waals surface area (Å²) in [6.45, 7) is 8.59. The van der Waals surface area contributed by atoms with Crippen molar-refractivity contribution in [2.75, 3.05) is 0 Å². The SMILES string of the molecule is CCC1(C)OB(c2c3ccccc3c(-c3cccc(-c4cccc(C(=N)N=c5[nH]cc(-c6ccccc6)cc5-c5ccccc5)c4)c3)c3ccccc23)OC1(C)C. The quantitative estimate of drug-likeness (QED) is 0.0739. The third kappa shape index (κ3) is 6.61. The molecule has 57 heavy (non-hydrogen) atoms. The molecule has 6 heteroatoms. The van der Waals surface area contributed by atoms with Crippen LogP contribution in [0.5, 0.6) is 0 Å². The molecule has 0 amide bonds. The normalized spacial score (nSPS) is 16.7. The molecule has 1 aliphatic rings. The van der Waals surface area contributed by atoms with Gasteiger partial charge in [0.05, 0.1) is 11.2 Å². The summed E-state index contributed by atoms with van der Waals surface area (Å²) < 4.78 is 13.6. The number of pyridine rings is 1. The minimum Gasteiger partial charge on any atom is -0.399 e. The number of H-pyrrole nitrogens is 1. The highest BCUT2D eigenvalue weighted by Crippen LogP contribution is 2.43. The molecular weight excluding hydrogens is 697 g/mol. The van der Waals surface area contributed by atoms with Crippen LogP contribution in [-0.2, 0) is 9.31 Å². The van der Waals surface area contributed by atoms with Crippen molar-refractivity contribution in [1.29, 1.82) is 5.41 Å². The molecule has 0 aliphatic carbocycles. The van der Waals surface area contributed by atoms with E-state index in [9.17, 15) is 5.41 Å².